The summed E-state index contributed by atoms with van der Waals surface area (Å²) in [6.07, 6.45) is 2.27. The second-order valence-electron chi connectivity index (χ2n) is 2.69. The number of hydrogen-bond acceptors (Lipinski definition) is 1. The maximum atomic E-state index is 12.5. The van der Waals surface area contributed by atoms with Crippen LogP contribution < -0.4 is 0 Å². The van der Waals surface area contributed by atoms with E-state index in [0.717, 1.165) is 0 Å². The second-order valence-corrected chi connectivity index (χ2v) is 9.27. The van der Waals surface area contributed by atoms with Crippen molar-refractivity contribution in [3.05, 3.63) is 30.1 Å². The van der Waals surface area contributed by atoms with Gasteiger partial charge in [-0.25, -0.2) is 4.39 Å². The Kier molecular flexibility index (Phi) is 1.65. The number of halogens is 1. The summed E-state index contributed by atoms with van der Waals surface area (Å²) in [6, 6.07) is 6.91. The van der Waals surface area contributed by atoms with Crippen LogP contribution in [0.15, 0.2) is 29.2 Å². The van der Waals surface area contributed by atoms with Crippen molar-refractivity contribution in [2.45, 2.75) is 4.90 Å². The molecule has 1 aromatic carbocycles. The standard InChI is InChI=1S/C8H9FS2/c1-11(6-10-11)8-4-2-7(9)3-5-8/h2-5H,6H2,1H3. The molecule has 0 spiro atoms. The van der Waals surface area contributed by atoms with Gasteiger partial charge in [0, 0.05) is 5.08 Å². The van der Waals surface area contributed by atoms with Crippen LogP contribution in [0.2, 0.25) is 0 Å². The minimum Gasteiger partial charge on any atom is -0.207 e. The first kappa shape index (κ1) is 7.50. The van der Waals surface area contributed by atoms with E-state index in [2.05, 4.69) is 6.26 Å². The molecule has 1 atom stereocenters. The summed E-state index contributed by atoms with van der Waals surface area (Å²) in [5.41, 5.74) is 0. The Labute approximate surface area is 70.9 Å². The van der Waals surface area contributed by atoms with E-state index in [1.807, 2.05) is 22.9 Å². The fourth-order valence-electron chi connectivity index (χ4n) is 0.931. The average Bonchev–Trinajstić information content (AvgIpc) is 2.70. The van der Waals surface area contributed by atoms with Crippen LogP contribution in [0.5, 0.6) is 0 Å². The van der Waals surface area contributed by atoms with Crippen molar-refractivity contribution in [3.63, 3.8) is 0 Å². The number of benzene rings is 1. The van der Waals surface area contributed by atoms with Gasteiger partial charge in [0.15, 0.2) is 0 Å². The molecule has 0 nitrogen and oxygen atoms in total. The van der Waals surface area contributed by atoms with Crippen LogP contribution in [0.25, 0.3) is 0 Å². The van der Waals surface area contributed by atoms with Gasteiger partial charge in [-0.15, -0.1) is 0 Å². The van der Waals surface area contributed by atoms with Crippen molar-refractivity contribution >= 4 is 19.9 Å². The Hall–Kier alpha value is -0.150. The Morgan fingerprint density at radius 2 is 1.91 bits per heavy atom. The normalized spacial score (nSPS) is 34.4. The highest BCUT2D eigenvalue weighted by Crippen LogP contribution is 2.79. The zero-order valence-corrected chi connectivity index (χ0v) is 7.84. The van der Waals surface area contributed by atoms with Crippen molar-refractivity contribution in [3.8, 4) is 0 Å². The zero-order chi connectivity index (χ0) is 7.90. The molecule has 1 aliphatic heterocycles. The van der Waals surface area contributed by atoms with Gasteiger partial charge in [-0.3, -0.25) is 0 Å². The third-order valence-electron chi connectivity index (χ3n) is 1.78. The fraction of sp³-hybridized carbons (Fsp3) is 0.250. The first-order valence-corrected chi connectivity index (χ1v) is 7.08. The molecular formula is C8H9FS2. The van der Waals surface area contributed by atoms with E-state index >= 15 is 0 Å². The molecular weight excluding hydrogens is 179 g/mol. The van der Waals surface area contributed by atoms with Gasteiger partial charge in [-0.1, -0.05) is 10.8 Å². The molecule has 1 unspecified atom stereocenters. The fourth-order valence-corrected chi connectivity index (χ4v) is 4.94. The van der Waals surface area contributed by atoms with E-state index in [9.17, 15) is 4.39 Å². The molecule has 1 saturated heterocycles. The maximum Gasteiger partial charge on any atom is 0.123 e. The molecule has 60 valence electrons. The van der Waals surface area contributed by atoms with E-state index in [0.29, 0.717) is 0 Å². The SMILES string of the molecule is CS1(c2ccc(F)cc2)CS1. The quantitative estimate of drug-likeness (QED) is 0.481. The molecule has 3 heteroatoms. The average molecular weight is 188 g/mol. The van der Waals surface area contributed by atoms with Crippen molar-refractivity contribution in [2.24, 2.45) is 0 Å². The summed E-state index contributed by atoms with van der Waals surface area (Å²) in [5, 5.41) is 1.25. The van der Waals surface area contributed by atoms with Crippen LogP contribution in [0.4, 0.5) is 4.39 Å². The lowest BCUT2D eigenvalue weighted by atomic mass is 10.4. The van der Waals surface area contributed by atoms with E-state index in [1.165, 1.54) is 9.98 Å². The topological polar surface area (TPSA) is 0 Å². The molecule has 0 amide bonds. The minimum atomic E-state index is -0.520. The second kappa shape index (κ2) is 2.42. The van der Waals surface area contributed by atoms with Gasteiger partial charge in [0.2, 0.25) is 0 Å². The summed E-state index contributed by atoms with van der Waals surface area (Å²) >= 11 is 0. The molecule has 11 heavy (non-hydrogen) atoms. The van der Waals surface area contributed by atoms with Crippen molar-refractivity contribution in [1.29, 1.82) is 0 Å². The molecule has 0 N–H and O–H groups in total. The number of hydrogen-bond donors (Lipinski definition) is 0. The largest absolute Gasteiger partial charge is 0.207 e. The Balaban J connectivity index is 2.33. The predicted octanol–water partition coefficient (Wildman–Crippen LogP) is 3.24. The molecule has 0 saturated carbocycles. The van der Waals surface area contributed by atoms with E-state index < -0.39 is 9.06 Å². The van der Waals surface area contributed by atoms with Gasteiger partial charge in [0.05, 0.1) is 0 Å². The van der Waals surface area contributed by atoms with Crippen LogP contribution >= 0.6 is 19.9 Å². The van der Waals surface area contributed by atoms with Gasteiger partial charge in [0.25, 0.3) is 0 Å². The smallest absolute Gasteiger partial charge is 0.123 e. The molecule has 0 aromatic heterocycles. The van der Waals surface area contributed by atoms with Gasteiger partial charge in [-0.05, 0) is 35.4 Å². The van der Waals surface area contributed by atoms with Crippen LogP contribution in [0, 0.1) is 5.82 Å². The highest BCUT2D eigenvalue weighted by atomic mass is 33.2. The highest BCUT2D eigenvalue weighted by Gasteiger charge is 2.34. The lowest BCUT2D eigenvalue weighted by molar-refractivity contribution is 0.626. The minimum absolute atomic E-state index is 0.137. The van der Waals surface area contributed by atoms with E-state index in [1.54, 1.807) is 12.1 Å². The molecule has 0 radical (unpaired) electrons. The summed E-state index contributed by atoms with van der Waals surface area (Å²) in [7, 11) is 1.47. The molecule has 2 rings (SSSR count). The van der Waals surface area contributed by atoms with Gasteiger partial charge >= 0.3 is 0 Å². The van der Waals surface area contributed by atoms with Crippen molar-refractivity contribution in [1.82, 2.24) is 0 Å². The molecule has 0 aliphatic carbocycles. The molecule has 0 bridgehead atoms. The summed E-state index contributed by atoms with van der Waals surface area (Å²) in [5.74, 6) is -0.137. The lowest BCUT2D eigenvalue weighted by Gasteiger charge is -2.10. The summed E-state index contributed by atoms with van der Waals surface area (Å²) < 4.78 is 12.5. The van der Waals surface area contributed by atoms with Crippen LogP contribution in [0.3, 0.4) is 0 Å². The van der Waals surface area contributed by atoms with Gasteiger partial charge < -0.3 is 0 Å². The van der Waals surface area contributed by atoms with Gasteiger partial charge in [0.1, 0.15) is 5.82 Å². The van der Waals surface area contributed by atoms with Crippen LogP contribution in [-0.4, -0.2) is 11.3 Å². The highest BCUT2D eigenvalue weighted by molar-refractivity contribution is 9.08. The lowest BCUT2D eigenvalue weighted by Crippen LogP contribution is -1.79. The Bertz CT molecular complexity index is 264. The number of rotatable bonds is 1. The summed E-state index contributed by atoms with van der Waals surface area (Å²) in [6.45, 7) is 0. The van der Waals surface area contributed by atoms with Crippen molar-refractivity contribution < 1.29 is 4.39 Å². The third kappa shape index (κ3) is 1.40. The molecule has 1 fully saturated rings. The predicted molar refractivity (Wildman–Crippen MR) is 50.6 cm³/mol. The molecule has 1 aromatic rings. The first-order valence-electron chi connectivity index (χ1n) is 3.37. The maximum absolute atomic E-state index is 12.5. The van der Waals surface area contributed by atoms with E-state index in [4.69, 9.17) is 0 Å². The monoisotopic (exact) mass is 188 g/mol. The van der Waals surface area contributed by atoms with Gasteiger partial charge in [-0.2, -0.15) is 9.06 Å². The molecule has 1 heterocycles. The van der Waals surface area contributed by atoms with Crippen molar-refractivity contribution in [2.75, 3.05) is 11.3 Å². The zero-order valence-electron chi connectivity index (χ0n) is 6.21. The molecule has 1 aliphatic rings. The van der Waals surface area contributed by atoms with Crippen LogP contribution in [0.1, 0.15) is 0 Å². The van der Waals surface area contributed by atoms with E-state index in [-0.39, 0.29) is 5.82 Å². The first-order chi connectivity index (χ1) is 5.21. The Morgan fingerprint density at radius 3 is 2.36 bits per heavy atom. The Morgan fingerprint density at radius 1 is 1.36 bits per heavy atom. The third-order valence-corrected chi connectivity index (χ3v) is 7.40. The summed E-state index contributed by atoms with van der Waals surface area (Å²) in [4.78, 5) is 1.32. The van der Waals surface area contributed by atoms with Crippen LogP contribution in [-0.2, 0) is 0 Å².